The summed E-state index contributed by atoms with van der Waals surface area (Å²) in [5, 5.41) is 12.8. The van der Waals surface area contributed by atoms with Gasteiger partial charge in [-0.2, -0.15) is 20.3 Å². The van der Waals surface area contributed by atoms with Gasteiger partial charge >= 0.3 is 13.7 Å². The van der Waals surface area contributed by atoms with E-state index in [1.54, 1.807) is 62.6 Å². The number of carbonyl (C=O) groups is 1. The van der Waals surface area contributed by atoms with Crippen molar-refractivity contribution in [2.24, 2.45) is 5.41 Å². The molecule has 0 radical (unpaired) electrons. The molecular formula is C26H34N7O7P. The molecule has 3 aromatic rings. The molecule has 0 aliphatic carbocycles. The number of rotatable bonds is 10. The molecule has 3 N–H and O–H groups in total. The highest BCUT2D eigenvalue weighted by molar-refractivity contribution is 7.52. The number of hydrogen-bond acceptors (Lipinski definition) is 12. The molecule has 1 fully saturated rings. The predicted molar refractivity (Wildman–Crippen MR) is 148 cm³/mol. The zero-order valence-corrected chi connectivity index (χ0v) is 24.6. The first-order chi connectivity index (χ1) is 19.3. The molecule has 1 saturated heterocycles. The minimum atomic E-state index is -4.14. The van der Waals surface area contributed by atoms with Gasteiger partial charge in [-0.1, -0.05) is 18.2 Å². The Hall–Kier alpha value is -3.76. The smallest absolute Gasteiger partial charge is 0.459 e. The Balaban J connectivity index is 1.55. The lowest BCUT2D eigenvalue weighted by Gasteiger charge is -2.26. The predicted octanol–water partition coefficient (Wildman–Crippen LogP) is 3.76. The fourth-order valence-corrected chi connectivity index (χ4v) is 5.84. The number of hydrogen-bond donors (Lipinski definition) is 2. The minimum absolute atomic E-state index is 0.0307. The van der Waals surface area contributed by atoms with Crippen LogP contribution >= 0.6 is 7.75 Å². The molecule has 0 bridgehead atoms. The normalized spacial score (nSPS) is 23.0. The fourth-order valence-electron chi connectivity index (χ4n) is 4.32. The van der Waals surface area contributed by atoms with Crippen molar-refractivity contribution in [3.05, 3.63) is 36.7 Å². The monoisotopic (exact) mass is 587 g/mol. The van der Waals surface area contributed by atoms with Gasteiger partial charge in [0.25, 0.3) is 0 Å². The summed E-state index contributed by atoms with van der Waals surface area (Å²) in [5.41, 5.74) is 4.74. The van der Waals surface area contributed by atoms with Crippen molar-refractivity contribution in [3.8, 4) is 17.7 Å². The van der Waals surface area contributed by atoms with Gasteiger partial charge in [0.05, 0.1) is 32.2 Å². The van der Waals surface area contributed by atoms with Crippen molar-refractivity contribution >= 4 is 30.8 Å². The molecule has 15 heteroatoms. The number of methoxy groups -OCH3 is 1. The molecule has 3 heterocycles. The largest absolute Gasteiger partial charge is 0.479 e. The van der Waals surface area contributed by atoms with Crippen molar-refractivity contribution < 1.29 is 32.6 Å². The van der Waals surface area contributed by atoms with Crippen LogP contribution in [0.15, 0.2) is 36.7 Å². The zero-order chi connectivity index (χ0) is 30.0. The Kier molecular flexibility index (Phi) is 8.56. The van der Waals surface area contributed by atoms with Gasteiger partial charge in [-0.25, -0.2) is 9.55 Å². The molecule has 0 spiro atoms. The molecule has 1 aliphatic rings. The number of nitrogens with zero attached hydrogens (tertiary/aromatic N) is 5. The maximum absolute atomic E-state index is 13.9. The van der Waals surface area contributed by atoms with E-state index in [9.17, 15) is 14.6 Å². The second-order valence-electron chi connectivity index (χ2n) is 10.8. The standard InChI is InChI=1S/C26H34N7O7P/c1-16(22(34)39-25(2,3)4)32-41(35,40-17-10-8-7-9-11-17)37-13-18-12-26(5,14-27)23(38-18)33-15-29-19-20(33)30-24(28)31-21(19)36-6/h7-11,15-16,18,23H,12-13H2,1-6H3,(H,32,35)(H2,28,30,31)/t16-,18-,23+,26-,41?/m0/s1. The molecule has 41 heavy (non-hydrogen) atoms. The van der Waals surface area contributed by atoms with Crippen LogP contribution < -0.4 is 20.1 Å². The lowest BCUT2D eigenvalue weighted by atomic mass is 9.87. The van der Waals surface area contributed by atoms with Crippen LogP contribution in [0.1, 0.15) is 47.3 Å². The molecule has 1 unspecified atom stereocenters. The topological polar surface area (TPSA) is 186 Å². The number of nitrogen functional groups attached to an aromatic ring is 1. The third-order valence-electron chi connectivity index (χ3n) is 6.14. The Morgan fingerprint density at radius 3 is 2.68 bits per heavy atom. The molecule has 220 valence electrons. The van der Waals surface area contributed by atoms with Crippen LogP contribution in [0.5, 0.6) is 11.6 Å². The third-order valence-corrected chi connectivity index (χ3v) is 7.78. The summed E-state index contributed by atoms with van der Waals surface area (Å²) in [4.78, 5) is 25.2. The van der Waals surface area contributed by atoms with Crippen molar-refractivity contribution in [2.45, 2.75) is 65.0 Å². The zero-order valence-electron chi connectivity index (χ0n) is 23.7. The maximum Gasteiger partial charge on any atom is 0.459 e. The average Bonchev–Trinajstić information content (AvgIpc) is 3.47. The number of aromatic nitrogens is 4. The summed E-state index contributed by atoms with van der Waals surface area (Å²) in [6.07, 6.45) is 0.166. The molecule has 14 nitrogen and oxygen atoms in total. The number of carbonyl (C=O) groups excluding carboxylic acids is 1. The second-order valence-corrected chi connectivity index (χ2v) is 12.5. The SMILES string of the molecule is COc1nc(N)nc2c1ncn2[C@@H]1O[C@H](COP(=O)(N[C@@H](C)C(=O)OC(C)(C)C)Oc2ccccc2)C[C@@]1(C)C#N. The van der Waals surface area contributed by atoms with Crippen molar-refractivity contribution in [1.29, 1.82) is 5.26 Å². The van der Waals surface area contributed by atoms with Crippen molar-refractivity contribution in [3.63, 3.8) is 0 Å². The van der Waals surface area contributed by atoms with Crippen LogP contribution in [0.3, 0.4) is 0 Å². The Labute approximate surface area is 237 Å². The molecule has 2 aromatic heterocycles. The summed E-state index contributed by atoms with van der Waals surface area (Å²) in [7, 11) is -2.71. The highest BCUT2D eigenvalue weighted by Gasteiger charge is 2.48. The molecular weight excluding hydrogens is 553 g/mol. The van der Waals surface area contributed by atoms with Crippen LogP contribution in [0.2, 0.25) is 0 Å². The van der Waals surface area contributed by atoms with E-state index in [0.29, 0.717) is 11.2 Å². The number of para-hydroxylation sites is 1. The quantitative estimate of drug-likeness (QED) is 0.258. The van der Waals surface area contributed by atoms with E-state index >= 15 is 0 Å². The first-order valence-electron chi connectivity index (χ1n) is 12.9. The van der Waals surface area contributed by atoms with Crippen molar-refractivity contribution in [1.82, 2.24) is 24.6 Å². The van der Waals surface area contributed by atoms with E-state index in [-0.39, 0.29) is 30.6 Å². The van der Waals surface area contributed by atoms with Gasteiger partial charge in [-0.05, 0) is 53.2 Å². The first kappa shape index (κ1) is 30.2. The maximum atomic E-state index is 13.9. The summed E-state index contributed by atoms with van der Waals surface area (Å²) in [6.45, 7) is 8.20. The van der Waals surface area contributed by atoms with Gasteiger partial charge in [-0.3, -0.25) is 13.9 Å². The molecule has 4 rings (SSSR count). The average molecular weight is 588 g/mol. The van der Waals surface area contributed by atoms with Gasteiger partial charge in [0.15, 0.2) is 17.4 Å². The summed E-state index contributed by atoms with van der Waals surface area (Å²) in [5.74, 6) is -0.206. The summed E-state index contributed by atoms with van der Waals surface area (Å²) >= 11 is 0. The summed E-state index contributed by atoms with van der Waals surface area (Å²) in [6, 6.07) is 9.70. The number of ether oxygens (including phenoxy) is 3. The number of imidazole rings is 1. The lowest BCUT2D eigenvalue weighted by Crippen LogP contribution is -2.39. The lowest BCUT2D eigenvalue weighted by molar-refractivity contribution is -0.156. The van der Waals surface area contributed by atoms with E-state index in [1.165, 1.54) is 20.4 Å². The van der Waals surface area contributed by atoms with E-state index in [2.05, 4.69) is 26.1 Å². The fraction of sp³-hybridized carbons (Fsp3) is 0.500. The molecule has 0 saturated carbocycles. The van der Waals surface area contributed by atoms with E-state index in [0.717, 1.165) is 0 Å². The molecule has 1 aromatic carbocycles. The Bertz CT molecular complexity index is 1490. The number of nitriles is 1. The molecule has 0 amide bonds. The van der Waals surface area contributed by atoms with Gasteiger partial charge < -0.3 is 24.5 Å². The van der Waals surface area contributed by atoms with Crippen LogP contribution in [0.4, 0.5) is 5.95 Å². The number of nitrogens with one attached hydrogen (secondary N) is 1. The molecule has 1 aliphatic heterocycles. The van der Waals surface area contributed by atoms with Crippen LogP contribution in [0.25, 0.3) is 11.2 Å². The van der Waals surface area contributed by atoms with Gasteiger partial charge in [-0.15, -0.1) is 0 Å². The van der Waals surface area contributed by atoms with Gasteiger partial charge in [0, 0.05) is 0 Å². The first-order valence-corrected chi connectivity index (χ1v) is 14.4. The van der Waals surface area contributed by atoms with Gasteiger partial charge in [0.2, 0.25) is 11.8 Å². The highest BCUT2D eigenvalue weighted by atomic mass is 31.2. The number of benzene rings is 1. The highest BCUT2D eigenvalue weighted by Crippen LogP contribution is 2.49. The van der Waals surface area contributed by atoms with Crippen molar-refractivity contribution in [2.75, 3.05) is 19.5 Å². The third kappa shape index (κ3) is 6.94. The van der Waals surface area contributed by atoms with Crippen LogP contribution in [-0.4, -0.2) is 57.0 Å². The van der Waals surface area contributed by atoms with Crippen LogP contribution in [-0.2, 0) is 23.4 Å². The minimum Gasteiger partial charge on any atom is -0.479 e. The van der Waals surface area contributed by atoms with E-state index in [1.807, 2.05) is 0 Å². The Morgan fingerprint density at radius 2 is 2.05 bits per heavy atom. The molecule has 5 atom stereocenters. The van der Waals surface area contributed by atoms with E-state index in [4.69, 9.17) is 29.0 Å². The number of esters is 1. The van der Waals surface area contributed by atoms with Gasteiger partial charge in [0.1, 0.15) is 22.8 Å². The number of fused-ring (bicyclic) bond motifs is 1. The second kappa shape index (κ2) is 11.6. The number of anilines is 1. The Morgan fingerprint density at radius 1 is 1.34 bits per heavy atom. The number of nitrogens with two attached hydrogens (primary N) is 1. The van der Waals surface area contributed by atoms with E-state index < -0.39 is 43.1 Å². The summed E-state index contributed by atoms with van der Waals surface area (Å²) < 4.78 is 43.9. The van der Waals surface area contributed by atoms with Crippen LogP contribution in [0, 0.1) is 16.7 Å².